The Kier molecular flexibility index (Phi) is 2.79. The summed E-state index contributed by atoms with van der Waals surface area (Å²) in [5.74, 6) is 0. The Balaban J connectivity index is 2.17. The molecular weight excluding hydrogens is 174 g/mol. The zero-order valence-corrected chi connectivity index (χ0v) is 8.38. The van der Waals surface area contributed by atoms with E-state index in [9.17, 15) is 0 Å². The summed E-state index contributed by atoms with van der Waals surface area (Å²) in [5, 5.41) is 4.56. The van der Waals surface area contributed by atoms with Crippen LogP contribution in [0, 0.1) is 0 Å². The molecule has 2 heterocycles. The molecule has 0 bridgehead atoms. The summed E-state index contributed by atoms with van der Waals surface area (Å²) in [6.45, 7) is 4.18. The molecule has 2 aromatic rings. The number of aromatic amines is 1. The quantitative estimate of drug-likeness (QED) is 0.719. The minimum absolute atomic E-state index is 1.03. The number of hydrogen-bond acceptors (Lipinski definition) is 2. The molecule has 0 aromatic carbocycles. The number of rotatable bonds is 4. The first-order valence-corrected chi connectivity index (χ1v) is 5.02. The summed E-state index contributed by atoms with van der Waals surface area (Å²) in [6.07, 6.45) is 6.86. The van der Waals surface area contributed by atoms with Crippen LogP contribution in [0.1, 0.15) is 12.5 Å². The Labute approximate surface area is 83.6 Å². The van der Waals surface area contributed by atoms with Crippen molar-refractivity contribution in [2.75, 3.05) is 13.1 Å². The molecule has 0 amide bonds. The van der Waals surface area contributed by atoms with Crippen LogP contribution in [0.5, 0.6) is 0 Å². The molecule has 0 spiro atoms. The molecule has 3 nitrogen and oxygen atoms in total. The van der Waals surface area contributed by atoms with Gasteiger partial charge >= 0.3 is 0 Å². The van der Waals surface area contributed by atoms with Gasteiger partial charge in [0.25, 0.3) is 0 Å². The lowest BCUT2D eigenvalue weighted by molar-refractivity contribution is 0.718. The van der Waals surface area contributed by atoms with Crippen molar-refractivity contribution in [3.05, 3.63) is 30.2 Å². The monoisotopic (exact) mass is 189 g/mol. The van der Waals surface area contributed by atoms with Crippen LogP contribution in [0.4, 0.5) is 0 Å². The molecule has 0 radical (unpaired) electrons. The number of hydrogen-bond donors (Lipinski definition) is 2. The summed E-state index contributed by atoms with van der Waals surface area (Å²) >= 11 is 0. The Hall–Kier alpha value is -1.35. The van der Waals surface area contributed by atoms with Gasteiger partial charge in [0.1, 0.15) is 0 Å². The fraction of sp³-hybridized carbons (Fsp3) is 0.364. The van der Waals surface area contributed by atoms with E-state index in [-0.39, 0.29) is 0 Å². The van der Waals surface area contributed by atoms with Crippen LogP contribution < -0.4 is 5.32 Å². The lowest BCUT2D eigenvalue weighted by Crippen LogP contribution is -2.15. The van der Waals surface area contributed by atoms with Gasteiger partial charge in [0.05, 0.1) is 0 Å². The SMILES string of the molecule is CCNCCc1c[nH]c2ccncc12. The molecule has 2 N–H and O–H groups in total. The largest absolute Gasteiger partial charge is 0.361 e. The number of aromatic nitrogens is 2. The smallest absolute Gasteiger partial charge is 0.0487 e. The molecule has 0 unspecified atom stereocenters. The first-order chi connectivity index (χ1) is 6.92. The lowest BCUT2D eigenvalue weighted by atomic mass is 10.1. The molecule has 2 aromatic heterocycles. The summed E-state index contributed by atoms with van der Waals surface area (Å²) in [7, 11) is 0. The molecule has 0 saturated heterocycles. The molecule has 0 aliphatic carbocycles. The van der Waals surface area contributed by atoms with Crippen molar-refractivity contribution in [1.82, 2.24) is 15.3 Å². The van der Waals surface area contributed by atoms with Crippen LogP contribution in [-0.2, 0) is 6.42 Å². The molecule has 14 heavy (non-hydrogen) atoms. The lowest BCUT2D eigenvalue weighted by Gasteiger charge is -1.99. The topological polar surface area (TPSA) is 40.7 Å². The minimum atomic E-state index is 1.03. The zero-order chi connectivity index (χ0) is 9.80. The first kappa shape index (κ1) is 9.21. The van der Waals surface area contributed by atoms with Gasteiger partial charge in [0, 0.05) is 29.5 Å². The van der Waals surface area contributed by atoms with E-state index in [1.807, 2.05) is 18.5 Å². The number of nitrogens with zero attached hydrogens (tertiary/aromatic N) is 1. The predicted octanol–water partition coefficient (Wildman–Crippen LogP) is 1.71. The normalized spacial score (nSPS) is 10.9. The molecule has 0 saturated carbocycles. The van der Waals surface area contributed by atoms with Gasteiger partial charge in [-0.05, 0) is 31.1 Å². The fourth-order valence-corrected chi connectivity index (χ4v) is 1.63. The van der Waals surface area contributed by atoms with E-state index in [4.69, 9.17) is 0 Å². The number of pyridine rings is 1. The van der Waals surface area contributed by atoms with Gasteiger partial charge < -0.3 is 10.3 Å². The third-order valence-corrected chi connectivity index (χ3v) is 2.39. The van der Waals surface area contributed by atoms with E-state index in [2.05, 4.69) is 28.4 Å². The van der Waals surface area contributed by atoms with Crippen molar-refractivity contribution in [2.45, 2.75) is 13.3 Å². The summed E-state index contributed by atoms with van der Waals surface area (Å²) < 4.78 is 0. The van der Waals surface area contributed by atoms with Crippen molar-refractivity contribution in [3.8, 4) is 0 Å². The van der Waals surface area contributed by atoms with E-state index in [0.29, 0.717) is 0 Å². The minimum Gasteiger partial charge on any atom is -0.361 e. The van der Waals surface area contributed by atoms with Crippen LogP contribution in [-0.4, -0.2) is 23.1 Å². The van der Waals surface area contributed by atoms with Gasteiger partial charge in [0.2, 0.25) is 0 Å². The van der Waals surface area contributed by atoms with E-state index >= 15 is 0 Å². The van der Waals surface area contributed by atoms with Crippen molar-refractivity contribution in [2.24, 2.45) is 0 Å². The van der Waals surface area contributed by atoms with Gasteiger partial charge in [-0.1, -0.05) is 6.92 Å². The maximum atomic E-state index is 4.13. The van der Waals surface area contributed by atoms with E-state index < -0.39 is 0 Å². The van der Waals surface area contributed by atoms with Gasteiger partial charge in [-0.15, -0.1) is 0 Å². The highest BCUT2D eigenvalue weighted by atomic mass is 14.8. The average Bonchev–Trinajstić information content (AvgIpc) is 2.63. The molecule has 3 heteroatoms. The van der Waals surface area contributed by atoms with Crippen molar-refractivity contribution in [1.29, 1.82) is 0 Å². The highest BCUT2D eigenvalue weighted by Crippen LogP contribution is 2.16. The molecular formula is C11H15N3. The standard InChI is InChI=1S/C11H15N3/c1-2-12-5-3-9-7-14-11-4-6-13-8-10(9)11/h4,6-8,12,14H,2-3,5H2,1H3. The van der Waals surface area contributed by atoms with Crippen LogP contribution in [0.2, 0.25) is 0 Å². The van der Waals surface area contributed by atoms with E-state index in [1.165, 1.54) is 16.5 Å². The molecule has 0 fully saturated rings. The fourth-order valence-electron chi connectivity index (χ4n) is 1.63. The van der Waals surface area contributed by atoms with Crippen molar-refractivity contribution >= 4 is 10.9 Å². The summed E-state index contributed by atoms with van der Waals surface area (Å²) in [4.78, 5) is 7.38. The van der Waals surface area contributed by atoms with Gasteiger partial charge in [-0.2, -0.15) is 0 Å². The van der Waals surface area contributed by atoms with Crippen molar-refractivity contribution in [3.63, 3.8) is 0 Å². The molecule has 2 rings (SSSR count). The van der Waals surface area contributed by atoms with E-state index in [0.717, 1.165) is 19.5 Å². The number of H-pyrrole nitrogens is 1. The second-order valence-electron chi connectivity index (χ2n) is 3.34. The average molecular weight is 189 g/mol. The maximum absolute atomic E-state index is 4.13. The Bertz CT molecular complexity index is 406. The van der Waals surface area contributed by atoms with Crippen molar-refractivity contribution < 1.29 is 0 Å². The van der Waals surface area contributed by atoms with Gasteiger partial charge in [-0.3, -0.25) is 4.98 Å². The van der Waals surface area contributed by atoms with Crippen LogP contribution in [0.25, 0.3) is 10.9 Å². The Morgan fingerprint density at radius 1 is 1.50 bits per heavy atom. The molecule has 0 aliphatic rings. The first-order valence-electron chi connectivity index (χ1n) is 5.02. The second kappa shape index (κ2) is 4.24. The highest BCUT2D eigenvalue weighted by Gasteiger charge is 2.01. The third kappa shape index (κ3) is 1.77. The van der Waals surface area contributed by atoms with Gasteiger partial charge in [-0.25, -0.2) is 0 Å². The molecule has 74 valence electrons. The van der Waals surface area contributed by atoms with Crippen LogP contribution in [0.15, 0.2) is 24.7 Å². The Morgan fingerprint density at radius 2 is 2.43 bits per heavy atom. The highest BCUT2D eigenvalue weighted by molar-refractivity contribution is 5.81. The summed E-state index contributed by atoms with van der Waals surface area (Å²) in [5.41, 5.74) is 2.51. The molecule has 0 atom stereocenters. The van der Waals surface area contributed by atoms with Crippen LogP contribution >= 0.6 is 0 Å². The molecule has 0 aliphatic heterocycles. The number of nitrogens with one attached hydrogen (secondary N) is 2. The maximum Gasteiger partial charge on any atom is 0.0487 e. The summed E-state index contributed by atoms with van der Waals surface area (Å²) in [6, 6.07) is 2.01. The number of fused-ring (bicyclic) bond motifs is 1. The number of likely N-dealkylation sites (N-methyl/N-ethyl adjacent to an activating group) is 1. The van der Waals surface area contributed by atoms with Gasteiger partial charge in [0.15, 0.2) is 0 Å². The van der Waals surface area contributed by atoms with Crippen LogP contribution in [0.3, 0.4) is 0 Å². The Morgan fingerprint density at radius 3 is 3.29 bits per heavy atom. The predicted molar refractivity (Wildman–Crippen MR) is 58.3 cm³/mol. The second-order valence-corrected chi connectivity index (χ2v) is 3.34. The third-order valence-electron chi connectivity index (χ3n) is 2.39. The van der Waals surface area contributed by atoms with E-state index in [1.54, 1.807) is 0 Å². The zero-order valence-electron chi connectivity index (χ0n) is 8.38.